The van der Waals surface area contributed by atoms with Gasteiger partial charge in [0.1, 0.15) is 5.82 Å². The van der Waals surface area contributed by atoms with Crippen molar-refractivity contribution in [3.05, 3.63) is 29.6 Å². The van der Waals surface area contributed by atoms with E-state index in [0.29, 0.717) is 23.1 Å². The van der Waals surface area contributed by atoms with Gasteiger partial charge in [-0.05, 0) is 42.4 Å². The summed E-state index contributed by atoms with van der Waals surface area (Å²) in [4.78, 5) is 2.14. The zero-order chi connectivity index (χ0) is 15.1. The molecule has 0 saturated carbocycles. The Bertz CT molecular complexity index is 392. The molecule has 0 amide bonds. The van der Waals surface area contributed by atoms with E-state index in [9.17, 15) is 4.39 Å². The van der Waals surface area contributed by atoms with Gasteiger partial charge in [-0.2, -0.15) is 0 Å². The molecule has 1 aromatic carbocycles. The Morgan fingerprint density at radius 2 is 1.60 bits per heavy atom. The highest BCUT2D eigenvalue weighted by atomic mass is 19.1. The second-order valence-electron chi connectivity index (χ2n) is 6.30. The van der Waals surface area contributed by atoms with Crippen LogP contribution in [0.5, 0.6) is 0 Å². The van der Waals surface area contributed by atoms with Crippen molar-refractivity contribution in [2.75, 3.05) is 18.0 Å². The van der Waals surface area contributed by atoms with E-state index in [1.54, 1.807) is 12.1 Å². The lowest BCUT2D eigenvalue weighted by atomic mass is 10.1. The fraction of sp³-hybridized carbons (Fsp3) is 0.647. The number of anilines is 1. The van der Waals surface area contributed by atoms with Gasteiger partial charge in [-0.25, -0.2) is 4.39 Å². The largest absolute Gasteiger partial charge is 0.392 e. The molecule has 1 N–H and O–H groups in total. The fourth-order valence-corrected chi connectivity index (χ4v) is 2.09. The van der Waals surface area contributed by atoms with E-state index in [2.05, 4.69) is 32.6 Å². The molecule has 2 nitrogen and oxygen atoms in total. The molecule has 0 spiro atoms. The van der Waals surface area contributed by atoms with Crippen molar-refractivity contribution in [3.8, 4) is 0 Å². The monoisotopic (exact) mass is 281 g/mol. The molecule has 0 unspecified atom stereocenters. The average Bonchev–Trinajstić information content (AvgIpc) is 2.39. The van der Waals surface area contributed by atoms with Gasteiger partial charge in [-0.15, -0.1) is 0 Å². The second-order valence-corrected chi connectivity index (χ2v) is 6.30. The number of aliphatic hydroxyl groups is 1. The van der Waals surface area contributed by atoms with Gasteiger partial charge in [0.2, 0.25) is 0 Å². The van der Waals surface area contributed by atoms with E-state index < -0.39 is 0 Å². The molecule has 0 aromatic heterocycles. The summed E-state index contributed by atoms with van der Waals surface area (Å²) < 4.78 is 14.2. The van der Waals surface area contributed by atoms with Gasteiger partial charge in [0, 0.05) is 13.1 Å². The van der Waals surface area contributed by atoms with Crippen molar-refractivity contribution in [2.24, 2.45) is 11.8 Å². The Morgan fingerprint density at radius 3 is 2.00 bits per heavy atom. The lowest BCUT2D eigenvalue weighted by Crippen LogP contribution is -2.28. The Labute approximate surface area is 122 Å². The van der Waals surface area contributed by atoms with E-state index in [1.165, 1.54) is 6.07 Å². The number of rotatable bonds is 8. The first-order valence-electron chi connectivity index (χ1n) is 7.58. The third kappa shape index (κ3) is 5.49. The number of benzene rings is 1. The predicted molar refractivity (Wildman–Crippen MR) is 83.4 cm³/mol. The first kappa shape index (κ1) is 17.0. The summed E-state index contributed by atoms with van der Waals surface area (Å²) in [7, 11) is 0. The third-order valence-corrected chi connectivity index (χ3v) is 3.49. The molecule has 0 bridgehead atoms. The van der Waals surface area contributed by atoms with E-state index in [0.717, 1.165) is 25.9 Å². The minimum absolute atomic E-state index is 0.116. The van der Waals surface area contributed by atoms with Gasteiger partial charge >= 0.3 is 0 Å². The van der Waals surface area contributed by atoms with Gasteiger partial charge < -0.3 is 10.0 Å². The Balaban J connectivity index is 2.84. The molecule has 0 saturated heterocycles. The number of hydrogen-bond donors (Lipinski definition) is 1. The minimum Gasteiger partial charge on any atom is -0.392 e. The molecule has 114 valence electrons. The summed E-state index contributed by atoms with van der Waals surface area (Å²) in [5.74, 6) is 0.983. The first-order chi connectivity index (χ1) is 9.43. The summed E-state index contributed by atoms with van der Waals surface area (Å²) in [6.45, 7) is 10.4. The van der Waals surface area contributed by atoms with Crippen LogP contribution < -0.4 is 4.90 Å². The lowest BCUT2D eigenvalue weighted by Gasteiger charge is -2.27. The van der Waals surface area contributed by atoms with Crippen molar-refractivity contribution in [1.82, 2.24) is 0 Å². The molecular weight excluding hydrogens is 253 g/mol. The highest BCUT2D eigenvalue weighted by molar-refractivity contribution is 5.49. The third-order valence-electron chi connectivity index (χ3n) is 3.49. The Kier molecular flexibility index (Phi) is 7.00. The van der Waals surface area contributed by atoms with E-state index >= 15 is 0 Å². The quantitative estimate of drug-likeness (QED) is 0.771. The van der Waals surface area contributed by atoms with E-state index in [1.807, 2.05) is 0 Å². The van der Waals surface area contributed by atoms with Crippen molar-refractivity contribution in [1.29, 1.82) is 0 Å². The normalized spacial score (nSPS) is 11.4. The van der Waals surface area contributed by atoms with Gasteiger partial charge in [-0.1, -0.05) is 33.8 Å². The van der Waals surface area contributed by atoms with Crippen LogP contribution in [0.3, 0.4) is 0 Å². The topological polar surface area (TPSA) is 23.5 Å². The smallest absolute Gasteiger partial charge is 0.146 e. The molecule has 0 aliphatic rings. The summed E-state index contributed by atoms with van der Waals surface area (Å²) >= 11 is 0. The predicted octanol–water partition coefficient (Wildman–Crippen LogP) is 4.22. The molecule has 1 rings (SSSR count). The molecular formula is C17H28FNO. The molecule has 0 atom stereocenters. The summed E-state index contributed by atoms with van der Waals surface area (Å²) in [5, 5.41) is 9.06. The number of hydrogen-bond acceptors (Lipinski definition) is 2. The van der Waals surface area contributed by atoms with Gasteiger partial charge in [0.25, 0.3) is 0 Å². The Hall–Kier alpha value is -1.09. The SMILES string of the molecule is CC(C)CCN(CCC(C)C)c1ccc(CO)cc1F. The van der Waals surface area contributed by atoms with Gasteiger partial charge in [0.05, 0.1) is 12.3 Å². The molecule has 0 aliphatic carbocycles. The summed E-state index contributed by atoms with van der Waals surface area (Å²) in [6, 6.07) is 5.03. The first-order valence-corrected chi connectivity index (χ1v) is 7.58. The zero-order valence-corrected chi connectivity index (χ0v) is 13.2. The lowest BCUT2D eigenvalue weighted by molar-refractivity contribution is 0.281. The van der Waals surface area contributed by atoms with Crippen LogP contribution in [0.25, 0.3) is 0 Å². The van der Waals surface area contributed by atoms with Crippen LogP contribution in [0, 0.1) is 17.7 Å². The molecule has 0 heterocycles. The molecule has 1 aromatic rings. The number of nitrogens with zero attached hydrogens (tertiary/aromatic N) is 1. The number of halogens is 1. The Morgan fingerprint density at radius 1 is 1.05 bits per heavy atom. The maximum atomic E-state index is 14.2. The van der Waals surface area contributed by atoms with Crippen LogP contribution in [0.2, 0.25) is 0 Å². The van der Waals surface area contributed by atoms with E-state index in [-0.39, 0.29) is 12.4 Å². The molecule has 20 heavy (non-hydrogen) atoms. The maximum Gasteiger partial charge on any atom is 0.146 e. The average molecular weight is 281 g/mol. The van der Waals surface area contributed by atoms with Gasteiger partial charge in [0.15, 0.2) is 0 Å². The molecule has 0 aliphatic heterocycles. The van der Waals surface area contributed by atoms with Crippen LogP contribution in [0.1, 0.15) is 46.1 Å². The van der Waals surface area contributed by atoms with Crippen molar-refractivity contribution in [2.45, 2.75) is 47.1 Å². The minimum atomic E-state index is -0.232. The highest BCUT2D eigenvalue weighted by Crippen LogP contribution is 2.22. The highest BCUT2D eigenvalue weighted by Gasteiger charge is 2.13. The molecule has 3 heteroatoms. The second kappa shape index (κ2) is 8.25. The van der Waals surface area contributed by atoms with Gasteiger partial charge in [-0.3, -0.25) is 0 Å². The van der Waals surface area contributed by atoms with Crippen LogP contribution in [0.4, 0.5) is 10.1 Å². The van der Waals surface area contributed by atoms with E-state index in [4.69, 9.17) is 5.11 Å². The van der Waals surface area contributed by atoms with Crippen LogP contribution in [-0.2, 0) is 6.61 Å². The molecule has 0 radical (unpaired) electrons. The van der Waals surface area contributed by atoms with Crippen LogP contribution >= 0.6 is 0 Å². The summed E-state index contributed by atoms with van der Waals surface area (Å²) in [5.41, 5.74) is 1.28. The standard InChI is InChI=1S/C17H28FNO/c1-13(2)7-9-19(10-8-14(3)4)17-6-5-15(12-20)11-16(17)18/h5-6,11,13-14,20H,7-10,12H2,1-4H3. The van der Waals surface area contributed by atoms with Crippen molar-refractivity contribution in [3.63, 3.8) is 0 Å². The molecule has 0 fully saturated rings. The fourth-order valence-electron chi connectivity index (χ4n) is 2.09. The summed E-state index contributed by atoms with van der Waals surface area (Å²) in [6.07, 6.45) is 2.11. The number of aliphatic hydroxyl groups excluding tert-OH is 1. The van der Waals surface area contributed by atoms with Crippen molar-refractivity contribution >= 4 is 5.69 Å². The maximum absolute atomic E-state index is 14.2. The zero-order valence-electron chi connectivity index (χ0n) is 13.2. The van der Waals surface area contributed by atoms with Crippen molar-refractivity contribution < 1.29 is 9.50 Å². The van der Waals surface area contributed by atoms with Crippen LogP contribution in [-0.4, -0.2) is 18.2 Å². The van der Waals surface area contributed by atoms with Crippen LogP contribution in [0.15, 0.2) is 18.2 Å².